The highest BCUT2D eigenvalue weighted by Gasteiger charge is 2.08. The fraction of sp³-hybridized carbons (Fsp3) is 0.0714. The summed E-state index contributed by atoms with van der Waals surface area (Å²) in [5.41, 5.74) is 12.0. The Kier molecular flexibility index (Phi) is 3.44. The molecule has 0 unspecified atom stereocenters. The van der Waals surface area contributed by atoms with Crippen LogP contribution in [0.5, 0.6) is 0 Å². The van der Waals surface area contributed by atoms with Gasteiger partial charge >= 0.3 is 0 Å². The molecule has 0 spiro atoms. The van der Waals surface area contributed by atoms with E-state index in [9.17, 15) is 0 Å². The van der Waals surface area contributed by atoms with Gasteiger partial charge in [-0.3, -0.25) is 0 Å². The number of nitrogen functional groups attached to an aromatic ring is 2. The van der Waals surface area contributed by atoms with Crippen LogP contribution in [0.2, 0.25) is 0 Å². The lowest BCUT2D eigenvalue weighted by Gasteiger charge is -2.09. The third kappa shape index (κ3) is 2.53. The first-order valence-corrected chi connectivity index (χ1v) is 7.04. The highest BCUT2D eigenvalue weighted by Crippen LogP contribution is 2.28. The standard InChI is InChI=1S/C14H13BrN6/c1-7-4-9(6-18-12(7)15)8-2-3-11-10(5-8)13(21-17)20-14(16)19-11/h2-6H,17H2,1H3,(H3,16,19,20,21). The van der Waals surface area contributed by atoms with Crippen molar-refractivity contribution in [2.45, 2.75) is 6.92 Å². The molecule has 7 heteroatoms. The molecule has 0 aliphatic heterocycles. The van der Waals surface area contributed by atoms with Crippen LogP contribution in [-0.2, 0) is 0 Å². The molecular formula is C14H13BrN6. The predicted molar refractivity (Wildman–Crippen MR) is 87.4 cm³/mol. The third-order valence-electron chi connectivity index (χ3n) is 3.20. The van der Waals surface area contributed by atoms with Crippen molar-refractivity contribution in [3.05, 3.63) is 40.6 Å². The molecule has 106 valence electrons. The number of nitrogens with zero attached hydrogens (tertiary/aromatic N) is 3. The zero-order chi connectivity index (χ0) is 15.0. The van der Waals surface area contributed by atoms with Gasteiger partial charge in [-0.2, -0.15) is 4.98 Å². The summed E-state index contributed by atoms with van der Waals surface area (Å²) in [5.74, 6) is 6.19. The Morgan fingerprint density at radius 2 is 1.95 bits per heavy atom. The molecule has 0 bridgehead atoms. The van der Waals surface area contributed by atoms with E-state index in [-0.39, 0.29) is 5.95 Å². The maximum absolute atomic E-state index is 5.65. The highest BCUT2D eigenvalue weighted by atomic mass is 79.9. The van der Waals surface area contributed by atoms with Crippen molar-refractivity contribution in [3.8, 4) is 11.1 Å². The second-order valence-electron chi connectivity index (χ2n) is 4.64. The topological polar surface area (TPSA) is 103 Å². The number of halogens is 1. The van der Waals surface area contributed by atoms with Gasteiger partial charge in [-0.1, -0.05) is 6.07 Å². The summed E-state index contributed by atoms with van der Waals surface area (Å²) in [7, 11) is 0. The normalized spacial score (nSPS) is 10.8. The van der Waals surface area contributed by atoms with Crippen molar-refractivity contribution in [1.82, 2.24) is 15.0 Å². The van der Waals surface area contributed by atoms with Crippen LogP contribution in [0, 0.1) is 6.92 Å². The second-order valence-corrected chi connectivity index (χ2v) is 5.39. The summed E-state index contributed by atoms with van der Waals surface area (Å²) >= 11 is 3.40. The Bertz CT molecular complexity index is 833. The number of nitrogens with one attached hydrogen (secondary N) is 1. The summed E-state index contributed by atoms with van der Waals surface area (Å²) in [6.45, 7) is 2.00. The van der Waals surface area contributed by atoms with E-state index in [0.29, 0.717) is 5.82 Å². The highest BCUT2D eigenvalue weighted by molar-refractivity contribution is 9.10. The molecule has 1 aromatic carbocycles. The number of aromatic nitrogens is 3. The van der Waals surface area contributed by atoms with Crippen molar-refractivity contribution < 1.29 is 0 Å². The molecule has 0 fully saturated rings. The van der Waals surface area contributed by atoms with Crippen molar-refractivity contribution in [1.29, 1.82) is 0 Å². The van der Waals surface area contributed by atoms with Gasteiger partial charge < -0.3 is 11.2 Å². The molecule has 0 amide bonds. The Balaban J connectivity index is 2.20. The molecule has 0 saturated carbocycles. The molecule has 0 atom stereocenters. The van der Waals surface area contributed by atoms with Gasteiger partial charge in [0, 0.05) is 17.1 Å². The summed E-state index contributed by atoms with van der Waals surface area (Å²) in [6.07, 6.45) is 1.81. The molecule has 3 aromatic rings. The van der Waals surface area contributed by atoms with Crippen LogP contribution in [0.4, 0.5) is 11.8 Å². The SMILES string of the molecule is Cc1cc(-c2ccc3nc(N)nc(NN)c3c2)cnc1Br. The molecule has 3 rings (SSSR count). The van der Waals surface area contributed by atoms with Crippen LogP contribution in [0.3, 0.4) is 0 Å². The zero-order valence-corrected chi connectivity index (χ0v) is 12.8. The summed E-state index contributed by atoms with van der Waals surface area (Å²) in [6, 6.07) is 7.89. The summed E-state index contributed by atoms with van der Waals surface area (Å²) in [5, 5.41) is 0.810. The largest absolute Gasteiger partial charge is 0.368 e. The summed E-state index contributed by atoms with van der Waals surface area (Å²) < 4.78 is 0.840. The Labute approximate surface area is 129 Å². The van der Waals surface area contributed by atoms with Crippen LogP contribution in [0.15, 0.2) is 35.1 Å². The fourth-order valence-corrected chi connectivity index (χ4v) is 2.37. The number of nitrogens with two attached hydrogens (primary N) is 2. The number of hydrogen-bond acceptors (Lipinski definition) is 6. The first-order chi connectivity index (χ1) is 10.1. The lowest BCUT2D eigenvalue weighted by molar-refractivity contribution is 1.19. The van der Waals surface area contributed by atoms with Crippen molar-refractivity contribution in [2.24, 2.45) is 5.84 Å². The van der Waals surface area contributed by atoms with Gasteiger partial charge in [0.05, 0.1) is 5.52 Å². The van der Waals surface area contributed by atoms with Gasteiger partial charge in [-0.15, -0.1) is 0 Å². The van der Waals surface area contributed by atoms with Gasteiger partial charge in [0.25, 0.3) is 0 Å². The van der Waals surface area contributed by atoms with E-state index in [1.807, 2.05) is 31.3 Å². The predicted octanol–water partition coefficient (Wildman–Crippen LogP) is 2.63. The number of hydrogen-bond donors (Lipinski definition) is 3. The van der Waals surface area contributed by atoms with Crippen molar-refractivity contribution >= 4 is 38.6 Å². The van der Waals surface area contributed by atoms with Crippen molar-refractivity contribution in [3.63, 3.8) is 0 Å². The van der Waals surface area contributed by atoms with Crippen LogP contribution < -0.4 is 17.0 Å². The smallest absolute Gasteiger partial charge is 0.222 e. The summed E-state index contributed by atoms with van der Waals surface area (Å²) in [4.78, 5) is 12.6. The number of aryl methyl sites for hydroxylation is 1. The number of rotatable bonds is 2. The molecule has 0 aliphatic carbocycles. The fourth-order valence-electron chi connectivity index (χ4n) is 2.15. The second kappa shape index (κ2) is 5.27. The molecule has 5 N–H and O–H groups in total. The minimum absolute atomic E-state index is 0.185. The Morgan fingerprint density at radius 1 is 1.14 bits per heavy atom. The van der Waals surface area contributed by atoms with E-state index < -0.39 is 0 Å². The average Bonchev–Trinajstić information content (AvgIpc) is 2.48. The molecule has 2 heterocycles. The van der Waals surface area contributed by atoms with E-state index in [4.69, 9.17) is 11.6 Å². The number of fused-ring (bicyclic) bond motifs is 1. The molecule has 6 nitrogen and oxygen atoms in total. The monoisotopic (exact) mass is 344 g/mol. The molecule has 21 heavy (non-hydrogen) atoms. The maximum atomic E-state index is 5.65. The van der Waals surface area contributed by atoms with E-state index >= 15 is 0 Å². The number of hydrazine groups is 1. The van der Waals surface area contributed by atoms with Crippen molar-refractivity contribution in [2.75, 3.05) is 11.2 Å². The minimum Gasteiger partial charge on any atom is -0.368 e. The van der Waals surface area contributed by atoms with Crippen LogP contribution >= 0.6 is 15.9 Å². The molecule has 0 radical (unpaired) electrons. The van der Waals surface area contributed by atoms with Crippen LogP contribution in [0.1, 0.15) is 5.56 Å². The van der Waals surface area contributed by atoms with Gasteiger partial charge in [0.15, 0.2) is 5.82 Å². The lowest BCUT2D eigenvalue weighted by atomic mass is 10.0. The van der Waals surface area contributed by atoms with E-state index in [1.165, 1.54) is 0 Å². The number of pyridine rings is 1. The number of benzene rings is 1. The number of anilines is 2. The zero-order valence-electron chi connectivity index (χ0n) is 11.3. The van der Waals surface area contributed by atoms with E-state index in [0.717, 1.165) is 32.2 Å². The third-order valence-corrected chi connectivity index (χ3v) is 4.03. The maximum Gasteiger partial charge on any atom is 0.222 e. The average molecular weight is 345 g/mol. The van der Waals surface area contributed by atoms with Gasteiger partial charge in [-0.25, -0.2) is 15.8 Å². The molecule has 2 aromatic heterocycles. The van der Waals surface area contributed by atoms with E-state index in [2.05, 4.69) is 42.4 Å². The van der Waals surface area contributed by atoms with Gasteiger partial charge in [-0.05, 0) is 52.2 Å². The van der Waals surface area contributed by atoms with Crippen LogP contribution in [-0.4, -0.2) is 15.0 Å². The van der Waals surface area contributed by atoms with E-state index in [1.54, 1.807) is 0 Å². The quantitative estimate of drug-likeness (QED) is 0.375. The molecule has 0 aliphatic rings. The lowest BCUT2D eigenvalue weighted by Crippen LogP contribution is -2.11. The first-order valence-electron chi connectivity index (χ1n) is 6.25. The van der Waals surface area contributed by atoms with Gasteiger partial charge in [0.2, 0.25) is 5.95 Å². The first kappa shape index (κ1) is 13.7. The Morgan fingerprint density at radius 3 is 2.67 bits per heavy atom. The van der Waals surface area contributed by atoms with Crippen LogP contribution in [0.25, 0.3) is 22.0 Å². The molecule has 0 saturated heterocycles. The Hall–Kier alpha value is -2.25. The van der Waals surface area contributed by atoms with Gasteiger partial charge in [0.1, 0.15) is 4.60 Å². The molecular weight excluding hydrogens is 332 g/mol. The minimum atomic E-state index is 0.185.